The van der Waals surface area contributed by atoms with Crippen molar-refractivity contribution in [2.75, 3.05) is 7.05 Å². The van der Waals surface area contributed by atoms with Crippen LogP contribution in [-0.2, 0) is 0 Å². The van der Waals surface area contributed by atoms with Crippen LogP contribution in [-0.4, -0.2) is 13.2 Å². The van der Waals surface area contributed by atoms with Gasteiger partial charge in [0.1, 0.15) is 11.9 Å². The molecule has 4 heteroatoms. The lowest BCUT2D eigenvalue weighted by Gasteiger charge is -2.16. The molecule has 0 spiro atoms. The first-order chi connectivity index (χ1) is 7.17. The predicted molar refractivity (Wildman–Crippen MR) is 65.7 cm³/mol. The lowest BCUT2D eigenvalue weighted by Crippen LogP contribution is -2.27. The van der Waals surface area contributed by atoms with Crippen molar-refractivity contribution in [3.63, 3.8) is 0 Å². The van der Waals surface area contributed by atoms with Gasteiger partial charge in [0.15, 0.2) is 0 Å². The van der Waals surface area contributed by atoms with E-state index >= 15 is 0 Å². The van der Waals surface area contributed by atoms with E-state index in [9.17, 15) is 0 Å². The third-order valence-electron chi connectivity index (χ3n) is 2.73. The Kier molecular flexibility index (Phi) is 3.24. The molecule has 2 rings (SSSR count). The van der Waals surface area contributed by atoms with E-state index in [1.807, 2.05) is 19.2 Å². The predicted octanol–water partition coefficient (Wildman–Crippen LogP) is 3.53. The summed E-state index contributed by atoms with van der Waals surface area (Å²) in [5, 5.41) is 4.01. The maximum Gasteiger partial charge on any atom is 0.139 e. The Morgan fingerprint density at radius 3 is 2.87 bits per heavy atom. The molecule has 0 radical (unpaired) electrons. The summed E-state index contributed by atoms with van der Waals surface area (Å²) in [5.41, 5.74) is 1.14. The van der Waals surface area contributed by atoms with E-state index in [1.54, 1.807) is 0 Å². The molecule has 0 aromatic heterocycles. The topological polar surface area (TPSA) is 21.3 Å². The first-order valence-corrected chi connectivity index (χ1v) is 6.17. The van der Waals surface area contributed by atoms with Gasteiger partial charge >= 0.3 is 0 Å². The lowest BCUT2D eigenvalue weighted by molar-refractivity contribution is 0.188. The molecule has 15 heavy (non-hydrogen) atoms. The van der Waals surface area contributed by atoms with Gasteiger partial charge in [-0.3, -0.25) is 0 Å². The van der Waals surface area contributed by atoms with E-state index in [1.165, 1.54) is 0 Å². The number of hydrogen-bond acceptors (Lipinski definition) is 2. The summed E-state index contributed by atoms with van der Waals surface area (Å²) in [7, 11) is 1.95. The summed E-state index contributed by atoms with van der Waals surface area (Å²) in [6.45, 7) is 2.12. The second kappa shape index (κ2) is 4.32. The highest BCUT2D eigenvalue weighted by Crippen LogP contribution is 2.44. The molecular formula is C11H13BrClNO. The van der Waals surface area contributed by atoms with Gasteiger partial charge in [0, 0.05) is 10.6 Å². The average Bonchev–Trinajstić information content (AvgIpc) is 2.55. The summed E-state index contributed by atoms with van der Waals surface area (Å²) >= 11 is 9.50. The molecule has 2 unspecified atom stereocenters. The molecule has 2 atom stereocenters. The van der Waals surface area contributed by atoms with E-state index in [0.717, 1.165) is 27.2 Å². The molecule has 0 bridgehead atoms. The summed E-state index contributed by atoms with van der Waals surface area (Å²) in [6.07, 6.45) is 1.17. The Hall–Kier alpha value is -0.250. The average molecular weight is 291 g/mol. The maximum atomic E-state index is 6.03. The Balaban J connectivity index is 2.47. The van der Waals surface area contributed by atoms with Crippen LogP contribution < -0.4 is 10.1 Å². The third-order valence-corrected chi connectivity index (χ3v) is 3.53. The highest BCUT2D eigenvalue weighted by molar-refractivity contribution is 9.10. The van der Waals surface area contributed by atoms with Crippen LogP contribution >= 0.6 is 27.5 Å². The minimum absolute atomic E-state index is 0.194. The molecule has 1 aliphatic heterocycles. The van der Waals surface area contributed by atoms with E-state index in [2.05, 4.69) is 28.2 Å². The second-order valence-corrected chi connectivity index (χ2v) is 4.93. The quantitative estimate of drug-likeness (QED) is 0.899. The van der Waals surface area contributed by atoms with E-state index in [-0.39, 0.29) is 12.1 Å². The number of hydrogen-bond donors (Lipinski definition) is 1. The van der Waals surface area contributed by atoms with Gasteiger partial charge in [-0.2, -0.15) is 0 Å². The number of fused-ring (bicyclic) bond motifs is 1. The molecule has 1 aromatic carbocycles. The molecule has 1 aliphatic rings. The SMILES string of the molecule is CCC1Oc2c(Br)cc(Cl)cc2C1NC. The van der Waals surface area contributed by atoms with Crippen LogP contribution in [0.1, 0.15) is 24.9 Å². The minimum Gasteiger partial charge on any atom is -0.487 e. The van der Waals surface area contributed by atoms with Crippen LogP contribution in [0.4, 0.5) is 0 Å². The number of nitrogens with one attached hydrogen (secondary N) is 1. The zero-order chi connectivity index (χ0) is 11.0. The molecule has 1 N–H and O–H groups in total. The van der Waals surface area contributed by atoms with E-state index < -0.39 is 0 Å². The van der Waals surface area contributed by atoms with Gasteiger partial charge in [-0.25, -0.2) is 0 Å². The van der Waals surface area contributed by atoms with Crippen LogP contribution in [0.25, 0.3) is 0 Å². The number of ether oxygens (including phenoxy) is 1. The maximum absolute atomic E-state index is 6.03. The molecule has 0 saturated heterocycles. The van der Waals surface area contributed by atoms with Crippen molar-refractivity contribution < 1.29 is 4.74 Å². The highest BCUT2D eigenvalue weighted by Gasteiger charge is 2.33. The van der Waals surface area contributed by atoms with Crippen molar-refractivity contribution in [3.05, 3.63) is 27.2 Å². The number of rotatable bonds is 2. The van der Waals surface area contributed by atoms with Gasteiger partial charge in [-0.05, 0) is 41.5 Å². The van der Waals surface area contributed by atoms with E-state index in [4.69, 9.17) is 16.3 Å². The van der Waals surface area contributed by atoms with Crippen molar-refractivity contribution in [3.8, 4) is 5.75 Å². The molecule has 82 valence electrons. The molecule has 0 amide bonds. The first-order valence-electron chi connectivity index (χ1n) is 5.00. The standard InChI is InChI=1S/C11H13BrClNO/c1-3-9-10(14-2)7-4-6(13)5-8(12)11(7)15-9/h4-5,9-10,14H,3H2,1-2H3. The van der Waals surface area contributed by atoms with Crippen LogP contribution in [0.2, 0.25) is 5.02 Å². The van der Waals surface area contributed by atoms with Gasteiger partial charge in [0.05, 0.1) is 10.5 Å². The second-order valence-electron chi connectivity index (χ2n) is 3.64. The molecule has 1 heterocycles. The summed E-state index contributed by atoms with van der Waals surface area (Å²) in [6, 6.07) is 4.07. The van der Waals surface area contributed by atoms with Gasteiger partial charge in [-0.15, -0.1) is 0 Å². The van der Waals surface area contributed by atoms with Crippen LogP contribution in [0, 0.1) is 0 Å². The number of benzene rings is 1. The molecule has 0 fully saturated rings. The Bertz CT molecular complexity index is 383. The summed E-state index contributed by atoms with van der Waals surface area (Å²) in [5.74, 6) is 0.922. The largest absolute Gasteiger partial charge is 0.487 e. The normalized spacial score (nSPS) is 23.7. The van der Waals surface area contributed by atoms with Gasteiger partial charge in [-0.1, -0.05) is 18.5 Å². The van der Waals surface area contributed by atoms with Crippen molar-refractivity contribution in [2.45, 2.75) is 25.5 Å². The van der Waals surface area contributed by atoms with E-state index in [0.29, 0.717) is 0 Å². The van der Waals surface area contributed by atoms with Crippen LogP contribution in [0.5, 0.6) is 5.75 Å². The van der Waals surface area contributed by atoms with Gasteiger partial charge in [0.2, 0.25) is 0 Å². The van der Waals surface area contributed by atoms with Crippen molar-refractivity contribution in [2.24, 2.45) is 0 Å². The summed E-state index contributed by atoms with van der Waals surface area (Å²) < 4.78 is 6.81. The smallest absolute Gasteiger partial charge is 0.139 e. The van der Waals surface area contributed by atoms with Crippen molar-refractivity contribution in [1.82, 2.24) is 5.32 Å². The zero-order valence-electron chi connectivity index (χ0n) is 8.68. The lowest BCUT2D eigenvalue weighted by atomic mass is 10.0. The third kappa shape index (κ3) is 1.88. The van der Waals surface area contributed by atoms with Crippen LogP contribution in [0.15, 0.2) is 16.6 Å². The van der Waals surface area contributed by atoms with Crippen LogP contribution in [0.3, 0.4) is 0 Å². The summed E-state index contributed by atoms with van der Waals surface area (Å²) in [4.78, 5) is 0. The monoisotopic (exact) mass is 289 g/mol. The Labute approximate surface area is 103 Å². The zero-order valence-corrected chi connectivity index (χ0v) is 11.0. The molecule has 0 aliphatic carbocycles. The van der Waals surface area contributed by atoms with Gasteiger partial charge < -0.3 is 10.1 Å². The fraction of sp³-hybridized carbons (Fsp3) is 0.455. The molecule has 0 saturated carbocycles. The van der Waals surface area contributed by atoms with Crippen molar-refractivity contribution >= 4 is 27.5 Å². The Morgan fingerprint density at radius 1 is 1.53 bits per heavy atom. The van der Waals surface area contributed by atoms with Crippen molar-refractivity contribution in [1.29, 1.82) is 0 Å². The Morgan fingerprint density at radius 2 is 2.27 bits per heavy atom. The molecule has 2 nitrogen and oxygen atoms in total. The molecular weight excluding hydrogens is 277 g/mol. The number of halogens is 2. The van der Waals surface area contributed by atoms with Gasteiger partial charge in [0.25, 0.3) is 0 Å². The number of likely N-dealkylation sites (N-methyl/N-ethyl adjacent to an activating group) is 1. The first kappa shape index (κ1) is 11.2. The minimum atomic E-state index is 0.194. The molecule has 1 aromatic rings. The highest BCUT2D eigenvalue weighted by atomic mass is 79.9. The fourth-order valence-corrected chi connectivity index (χ4v) is 2.94. The fourth-order valence-electron chi connectivity index (χ4n) is 2.02.